The zero-order valence-corrected chi connectivity index (χ0v) is 12.5. The first-order chi connectivity index (χ1) is 11.2. The van der Waals surface area contributed by atoms with Gasteiger partial charge >= 0.3 is 0 Å². The van der Waals surface area contributed by atoms with Crippen LogP contribution in [0, 0.1) is 0 Å². The molecule has 0 fully saturated rings. The van der Waals surface area contributed by atoms with Gasteiger partial charge in [0.1, 0.15) is 5.71 Å². The van der Waals surface area contributed by atoms with Crippen LogP contribution in [0.25, 0.3) is 0 Å². The van der Waals surface area contributed by atoms with Crippen molar-refractivity contribution < 1.29 is 9.59 Å². The molecule has 0 saturated carbocycles. The van der Waals surface area contributed by atoms with Gasteiger partial charge < -0.3 is 5.32 Å². The zero-order valence-electron chi connectivity index (χ0n) is 12.5. The number of aromatic nitrogens is 1. The average molecular weight is 308 g/mol. The molecular formula is C17H16N4O2. The Morgan fingerprint density at radius 2 is 1.87 bits per heavy atom. The SMILES string of the molecule is O=C(NCc1ccccn1)C1=NN(c2ccccc2)C(=O)CC1. The number of rotatable bonds is 4. The van der Waals surface area contributed by atoms with Crippen molar-refractivity contribution in [2.75, 3.05) is 5.01 Å². The van der Waals surface area contributed by atoms with E-state index in [1.807, 2.05) is 36.4 Å². The Hall–Kier alpha value is -3.02. The molecule has 2 heterocycles. The number of hydrogen-bond acceptors (Lipinski definition) is 4. The summed E-state index contributed by atoms with van der Waals surface area (Å²) in [5.41, 5.74) is 1.78. The van der Waals surface area contributed by atoms with E-state index in [9.17, 15) is 9.59 Å². The molecule has 0 aliphatic carbocycles. The van der Waals surface area contributed by atoms with E-state index in [0.29, 0.717) is 24.4 Å². The molecule has 0 radical (unpaired) electrons. The van der Waals surface area contributed by atoms with E-state index in [2.05, 4.69) is 15.4 Å². The third kappa shape index (κ3) is 3.60. The Morgan fingerprint density at radius 3 is 2.61 bits per heavy atom. The molecule has 2 amide bonds. The van der Waals surface area contributed by atoms with Crippen LogP contribution in [0.4, 0.5) is 5.69 Å². The number of nitrogens with one attached hydrogen (secondary N) is 1. The van der Waals surface area contributed by atoms with Gasteiger partial charge in [-0.3, -0.25) is 14.6 Å². The van der Waals surface area contributed by atoms with E-state index in [0.717, 1.165) is 5.69 Å². The quantitative estimate of drug-likeness (QED) is 0.937. The fraction of sp³-hybridized carbons (Fsp3) is 0.176. The smallest absolute Gasteiger partial charge is 0.267 e. The lowest BCUT2D eigenvalue weighted by molar-refractivity contribution is -0.119. The molecule has 0 atom stereocenters. The number of carbonyl (C=O) groups excluding carboxylic acids is 2. The number of carbonyl (C=O) groups is 2. The maximum atomic E-state index is 12.2. The minimum absolute atomic E-state index is 0.113. The van der Waals surface area contributed by atoms with Gasteiger partial charge in [0.25, 0.3) is 5.91 Å². The fourth-order valence-electron chi connectivity index (χ4n) is 2.26. The van der Waals surface area contributed by atoms with Crippen molar-refractivity contribution in [2.45, 2.75) is 19.4 Å². The number of anilines is 1. The van der Waals surface area contributed by atoms with E-state index in [1.54, 1.807) is 18.3 Å². The number of hydrazone groups is 1. The number of para-hydroxylation sites is 1. The van der Waals surface area contributed by atoms with Gasteiger partial charge in [0.2, 0.25) is 5.91 Å². The maximum Gasteiger partial charge on any atom is 0.267 e. The van der Waals surface area contributed by atoms with Crippen molar-refractivity contribution in [2.24, 2.45) is 5.10 Å². The molecule has 1 aliphatic rings. The third-order valence-electron chi connectivity index (χ3n) is 3.45. The standard InChI is InChI=1S/C17H16N4O2/c22-16-10-9-15(20-21(16)14-7-2-1-3-8-14)17(23)19-12-13-6-4-5-11-18-13/h1-8,11H,9-10,12H2,(H,19,23). The molecule has 1 aliphatic heterocycles. The van der Waals surface area contributed by atoms with Crippen LogP contribution in [0.15, 0.2) is 59.8 Å². The molecule has 0 saturated heterocycles. The van der Waals surface area contributed by atoms with Crippen LogP contribution in [0.1, 0.15) is 18.5 Å². The zero-order chi connectivity index (χ0) is 16.1. The summed E-state index contributed by atoms with van der Waals surface area (Å²) in [5, 5.41) is 8.29. The minimum atomic E-state index is -0.274. The first-order valence-corrected chi connectivity index (χ1v) is 7.37. The molecule has 116 valence electrons. The lowest BCUT2D eigenvalue weighted by Gasteiger charge is -2.23. The summed E-state index contributed by atoms with van der Waals surface area (Å²) in [6, 6.07) is 14.6. The summed E-state index contributed by atoms with van der Waals surface area (Å²) in [4.78, 5) is 28.4. The van der Waals surface area contributed by atoms with Gasteiger partial charge in [0.05, 0.1) is 17.9 Å². The summed E-state index contributed by atoms with van der Waals surface area (Å²) in [5.74, 6) is -0.387. The predicted octanol–water partition coefficient (Wildman–Crippen LogP) is 1.88. The minimum Gasteiger partial charge on any atom is -0.345 e. The van der Waals surface area contributed by atoms with Gasteiger partial charge in [-0.1, -0.05) is 24.3 Å². The van der Waals surface area contributed by atoms with Crippen LogP contribution in [-0.4, -0.2) is 22.5 Å². The highest BCUT2D eigenvalue weighted by molar-refractivity contribution is 6.40. The summed E-state index contributed by atoms with van der Waals surface area (Å²) in [6.07, 6.45) is 2.29. The second kappa shape index (κ2) is 6.83. The van der Waals surface area contributed by atoms with Gasteiger partial charge in [0.15, 0.2) is 0 Å². The van der Waals surface area contributed by atoms with Crippen LogP contribution >= 0.6 is 0 Å². The molecule has 6 heteroatoms. The number of hydrogen-bond donors (Lipinski definition) is 1. The first kappa shape index (κ1) is 14.9. The average Bonchev–Trinajstić information content (AvgIpc) is 2.62. The van der Waals surface area contributed by atoms with Crippen molar-refractivity contribution in [1.29, 1.82) is 0 Å². The third-order valence-corrected chi connectivity index (χ3v) is 3.45. The Balaban J connectivity index is 1.71. The van der Waals surface area contributed by atoms with E-state index in [4.69, 9.17) is 0 Å². The van der Waals surface area contributed by atoms with E-state index in [-0.39, 0.29) is 18.2 Å². The fourth-order valence-corrected chi connectivity index (χ4v) is 2.26. The maximum absolute atomic E-state index is 12.2. The largest absolute Gasteiger partial charge is 0.345 e. The molecule has 1 N–H and O–H groups in total. The second-order valence-electron chi connectivity index (χ2n) is 5.09. The van der Waals surface area contributed by atoms with Crippen LogP contribution < -0.4 is 10.3 Å². The molecule has 0 spiro atoms. The van der Waals surface area contributed by atoms with Crippen LogP contribution in [0.3, 0.4) is 0 Å². The van der Waals surface area contributed by atoms with Crippen LogP contribution in [-0.2, 0) is 16.1 Å². The van der Waals surface area contributed by atoms with Crippen molar-refractivity contribution in [3.05, 3.63) is 60.4 Å². The summed E-state index contributed by atoms with van der Waals surface area (Å²) in [6.45, 7) is 0.331. The number of nitrogens with zero attached hydrogens (tertiary/aromatic N) is 3. The highest BCUT2D eigenvalue weighted by Gasteiger charge is 2.25. The highest BCUT2D eigenvalue weighted by atomic mass is 16.2. The van der Waals surface area contributed by atoms with Crippen molar-refractivity contribution in [3.63, 3.8) is 0 Å². The number of benzene rings is 1. The normalized spacial score (nSPS) is 14.3. The van der Waals surface area contributed by atoms with Crippen molar-refractivity contribution >= 4 is 23.2 Å². The Bertz CT molecular complexity index is 729. The van der Waals surface area contributed by atoms with Crippen LogP contribution in [0.2, 0.25) is 0 Å². The molecule has 3 rings (SSSR count). The molecule has 1 aromatic carbocycles. The van der Waals surface area contributed by atoms with E-state index in [1.165, 1.54) is 5.01 Å². The molecule has 6 nitrogen and oxygen atoms in total. The molecule has 0 unspecified atom stereocenters. The topological polar surface area (TPSA) is 74.7 Å². The van der Waals surface area contributed by atoms with Gasteiger partial charge in [-0.2, -0.15) is 5.10 Å². The molecule has 0 bridgehead atoms. The molecule has 2 aromatic rings. The first-order valence-electron chi connectivity index (χ1n) is 7.37. The Morgan fingerprint density at radius 1 is 1.09 bits per heavy atom. The summed E-state index contributed by atoms with van der Waals surface area (Å²) >= 11 is 0. The lowest BCUT2D eigenvalue weighted by Crippen LogP contribution is -2.39. The van der Waals surface area contributed by atoms with E-state index < -0.39 is 0 Å². The number of pyridine rings is 1. The Kier molecular flexibility index (Phi) is 4.42. The van der Waals surface area contributed by atoms with Crippen molar-refractivity contribution in [1.82, 2.24) is 10.3 Å². The molecular weight excluding hydrogens is 292 g/mol. The van der Waals surface area contributed by atoms with Gasteiger partial charge in [0, 0.05) is 19.0 Å². The monoisotopic (exact) mass is 308 g/mol. The van der Waals surface area contributed by atoms with Gasteiger partial charge in [-0.25, -0.2) is 5.01 Å². The highest BCUT2D eigenvalue weighted by Crippen LogP contribution is 2.19. The van der Waals surface area contributed by atoms with Gasteiger partial charge in [-0.15, -0.1) is 0 Å². The molecule has 23 heavy (non-hydrogen) atoms. The Labute approximate surface area is 133 Å². The van der Waals surface area contributed by atoms with Crippen LogP contribution in [0.5, 0.6) is 0 Å². The number of amides is 2. The van der Waals surface area contributed by atoms with Gasteiger partial charge in [-0.05, 0) is 24.3 Å². The van der Waals surface area contributed by atoms with E-state index >= 15 is 0 Å². The van der Waals surface area contributed by atoms with Crippen molar-refractivity contribution in [3.8, 4) is 0 Å². The predicted molar refractivity (Wildman–Crippen MR) is 86.7 cm³/mol. The lowest BCUT2D eigenvalue weighted by atomic mass is 10.1. The summed E-state index contributed by atoms with van der Waals surface area (Å²) < 4.78 is 0. The second-order valence-corrected chi connectivity index (χ2v) is 5.09. The summed E-state index contributed by atoms with van der Waals surface area (Å²) in [7, 11) is 0. The molecule has 1 aromatic heterocycles.